The normalized spacial score (nSPS) is 11.4. The summed E-state index contributed by atoms with van der Waals surface area (Å²) in [7, 11) is 2.27. The SMILES string of the molecule is COc1ccc(-c2nc(C)c(C(=O)Nc3cc(S(=O)(=O)N(C)C)ccc3OC)s2)cc1. The second kappa shape index (κ2) is 9.04. The monoisotopic (exact) mass is 461 g/mol. The Hall–Kier alpha value is -2.95. The van der Waals surface area contributed by atoms with E-state index in [1.165, 1.54) is 50.7 Å². The number of nitrogens with one attached hydrogen (secondary N) is 1. The van der Waals surface area contributed by atoms with E-state index in [9.17, 15) is 13.2 Å². The number of hydrogen-bond acceptors (Lipinski definition) is 7. The van der Waals surface area contributed by atoms with Gasteiger partial charge in [-0.3, -0.25) is 4.79 Å². The van der Waals surface area contributed by atoms with Gasteiger partial charge in [-0.05, 0) is 49.4 Å². The Morgan fingerprint density at radius 1 is 1.06 bits per heavy atom. The van der Waals surface area contributed by atoms with E-state index in [0.717, 1.165) is 15.6 Å². The van der Waals surface area contributed by atoms with Gasteiger partial charge in [-0.1, -0.05) is 0 Å². The Morgan fingerprint density at radius 2 is 1.74 bits per heavy atom. The smallest absolute Gasteiger partial charge is 0.267 e. The van der Waals surface area contributed by atoms with Crippen molar-refractivity contribution >= 4 is 33.0 Å². The zero-order chi connectivity index (χ0) is 22.8. The van der Waals surface area contributed by atoms with Gasteiger partial charge < -0.3 is 14.8 Å². The number of nitrogens with zero attached hydrogens (tertiary/aromatic N) is 2. The molecular formula is C21H23N3O5S2. The second-order valence-electron chi connectivity index (χ2n) is 6.77. The first-order valence-corrected chi connectivity index (χ1v) is 11.5. The van der Waals surface area contributed by atoms with Crippen LogP contribution in [0.4, 0.5) is 5.69 Å². The molecule has 0 spiro atoms. The first-order valence-electron chi connectivity index (χ1n) is 9.21. The maximum absolute atomic E-state index is 13.0. The third kappa shape index (κ3) is 4.71. The highest BCUT2D eigenvalue weighted by atomic mass is 32.2. The van der Waals surface area contributed by atoms with Gasteiger partial charge in [0.2, 0.25) is 10.0 Å². The van der Waals surface area contributed by atoms with E-state index in [4.69, 9.17) is 9.47 Å². The van der Waals surface area contributed by atoms with Gasteiger partial charge in [0.05, 0.1) is 30.5 Å². The van der Waals surface area contributed by atoms with Crippen molar-refractivity contribution in [2.75, 3.05) is 33.6 Å². The second-order valence-corrected chi connectivity index (χ2v) is 9.92. The van der Waals surface area contributed by atoms with Gasteiger partial charge in [0.25, 0.3) is 5.91 Å². The number of anilines is 1. The fourth-order valence-corrected chi connectivity index (χ4v) is 4.69. The zero-order valence-electron chi connectivity index (χ0n) is 17.8. The number of aryl methyl sites for hydroxylation is 1. The third-order valence-corrected chi connectivity index (χ3v) is 7.55. The van der Waals surface area contributed by atoms with Crippen molar-refractivity contribution < 1.29 is 22.7 Å². The zero-order valence-corrected chi connectivity index (χ0v) is 19.4. The first kappa shape index (κ1) is 22.7. The number of benzene rings is 2. The number of rotatable bonds is 7. The molecule has 0 saturated carbocycles. The molecular weight excluding hydrogens is 438 g/mol. The maximum atomic E-state index is 13.0. The van der Waals surface area contributed by atoms with Crippen LogP contribution >= 0.6 is 11.3 Å². The highest BCUT2D eigenvalue weighted by molar-refractivity contribution is 7.89. The lowest BCUT2D eigenvalue weighted by Gasteiger charge is -2.15. The van der Waals surface area contributed by atoms with Gasteiger partial charge in [-0.15, -0.1) is 11.3 Å². The molecule has 0 bridgehead atoms. The molecule has 0 radical (unpaired) electrons. The molecule has 0 saturated heterocycles. The highest BCUT2D eigenvalue weighted by Gasteiger charge is 2.22. The molecule has 8 nitrogen and oxygen atoms in total. The summed E-state index contributed by atoms with van der Waals surface area (Å²) in [6.07, 6.45) is 0. The minimum absolute atomic E-state index is 0.0496. The number of sulfonamides is 1. The molecule has 0 atom stereocenters. The number of aromatic nitrogens is 1. The van der Waals surface area contributed by atoms with Crippen molar-refractivity contribution in [1.29, 1.82) is 0 Å². The summed E-state index contributed by atoms with van der Waals surface area (Å²) in [5.41, 5.74) is 1.70. The van der Waals surface area contributed by atoms with Crippen LogP contribution in [0.1, 0.15) is 15.4 Å². The maximum Gasteiger partial charge on any atom is 0.267 e. The van der Waals surface area contributed by atoms with Crippen LogP contribution in [0.2, 0.25) is 0 Å². The molecule has 0 aliphatic rings. The number of methoxy groups -OCH3 is 2. The average molecular weight is 462 g/mol. The van der Waals surface area contributed by atoms with Crippen molar-refractivity contribution in [3.63, 3.8) is 0 Å². The standard InChI is InChI=1S/C21H23N3O5S2/c1-13-19(30-21(22-13)14-6-8-15(28-4)9-7-14)20(25)23-17-12-16(10-11-18(17)29-5)31(26,27)24(2)3/h6-12H,1-5H3,(H,23,25). The summed E-state index contributed by atoms with van der Waals surface area (Å²) in [6.45, 7) is 1.75. The van der Waals surface area contributed by atoms with Crippen LogP contribution in [0.3, 0.4) is 0 Å². The van der Waals surface area contributed by atoms with Crippen LogP contribution in [0.25, 0.3) is 10.6 Å². The van der Waals surface area contributed by atoms with Gasteiger partial charge in [0, 0.05) is 19.7 Å². The van der Waals surface area contributed by atoms with E-state index in [2.05, 4.69) is 10.3 Å². The molecule has 0 unspecified atom stereocenters. The lowest BCUT2D eigenvalue weighted by molar-refractivity contribution is 0.102. The Kier molecular flexibility index (Phi) is 6.63. The lowest BCUT2D eigenvalue weighted by atomic mass is 10.2. The Labute approximate surface area is 185 Å². The summed E-state index contributed by atoms with van der Waals surface area (Å²) >= 11 is 1.25. The molecule has 1 aromatic heterocycles. The van der Waals surface area contributed by atoms with Crippen molar-refractivity contribution in [3.8, 4) is 22.1 Å². The van der Waals surface area contributed by atoms with E-state index >= 15 is 0 Å². The van der Waals surface area contributed by atoms with Crippen LogP contribution in [-0.2, 0) is 10.0 Å². The highest BCUT2D eigenvalue weighted by Crippen LogP contribution is 2.32. The van der Waals surface area contributed by atoms with E-state index in [1.807, 2.05) is 24.3 Å². The molecule has 31 heavy (non-hydrogen) atoms. The molecule has 0 aliphatic heterocycles. The van der Waals surface area contributed by atoms with Gasteiger partial charge in [-0.2, -0.15) is 0 Å². The Morgan fingerprint density at radius 3 is 2.32 bits per heavy atom. The summed E-state index contributed by atoms with van der Waals surface area (Å²) in [5.74, 6) is 0.686. The summed E-state index contributed by atoms with van der Waals surface area (Å²) in [6, 6.07) is 11.7. The largest absolute Gasteiger partial charge is 0.497 e. The van der Waals surface area contributed by atoms with Crippen molar-refractivity contribution in [2.24, 2.45) is 0 Å². The van der Waals surface area contributed by atoms with Crippen LogP contribution in [0.15, 0.2) is 47.4 Å². The number of carbonyl (C=O) groups is 1. The molecule has 0 fully saturated rings. The van der Waals surface area contributed by atoms with Gasteiger partial charge in [-0.25, -0.2) is 17.7 Å². The molecule has 10 heteroatoms. The van der Waals surface area contributed by atoms with E-state index in [0.29, 0.717) is 21.3 Å². The predicted molar refractivity (Wildman–Crippen MR) is 121 cm³/mol. The van der Waals surface area contributed by atoms with E-state index < -0.39 is 15.9 Å². The molecule has 1 amide bonds. The minimum atomic E-state index is -3.66. The fourth-order valence-electron chi connectivity index (χ4n) is 2.80. The van der Waals surface area contributed by atoms with Crippen molar-refractivity contribution in [1.82, 2.24) is 9.29 Å². The Balaban J connectivity index is 1.92. The lowest BCUT2D eigenvalue weighted by Crippen LogP contribution is -2.22. The molecule has 2 aromatic carbocycles. The summed E-state index contributed by atoms with van der Waals surface area (Å²) < 4.78 is 36.5. The van der Waals surface area contributed by atoms with Crippen molar-refractivity contribution in [3.05, 3.63) is 53.0 Å². The van der Waals surface area contributed by atoms with Gasteiger partial charge in [0.1, 0.15) is 21.4 Å². The molecule has 3 rings (SSSR count). The average Bonchev–Trinajstić information content (AvgIpc) is 3.15. The number of hydrogen-bond donors (Lipinski definition) is 1. The third-order valence-electron chi connectivity index (χ3n) is 4.54. The molecule has 1 N–H and O–H groups in total. The van der Waals surface area contributed by atoms with Crippen LogP contribution in [0.5, 0.6) is 11.5 Å². The van der Waals surface area contributed by atoms with Crippen molar-refractivity contribution in [2.45, 2.75) is 11.8 Å². The first-order chi connectivity index (χ1) is 14.7. The van der Waals surface area contributed by atoms with Crippen LogP contribution in [-0.4, -0.2) is 51.9 Å². The molecule has 1 heterocycles. The molecule has 0 aliphatic carbocycles. The topological polar surface area (TPSA) is 97.8 Å². The molecule has 3 aromatic rings. The quantitative estimate of drug-likeness (QED) is 0.577. The Bertz CT molecular complexity index is 1200. The van der Waals surface area contributed by atoms with Crippen LogP contribution < -0.4 is 14.8 Å². The van der Waals surface area contributed by atoms with E-state index in [-0.39, 0.29) is 10.6 Å². The summed E-state index contributed by atoms with van der Waals surface area (Å²) in [5, 5.41) is 3.45. The fraction of sp³-hybridized carbons (Fsp3) is 0.238. The van der Waals surface area contributed by atoms with Gasteiger partial charge in [0.15, 0.2) is 0 Å². The van der Waals surface area contributed by atoms with E-state index in [1.54, 1.807) is 14.0 Å². The predicted octanol–water partition coefficient (Wildman–Crippen LogP) is 3.64. The van der Waals surface area contributed by atoms with Crippen LogP contribution in [0, 0.1) is 6.92 Å². The minimum Gasteiger partial charge on any atom is -0.497 e. The number of ether oxygens (including phenoxy) is 2. The molecule has 164 valence electrons. The number of amides is 1. The number of carbonyl (C=O) groups excluding carboxylic acids is 1. The number of thiazole rings is 1. The van der Waals surface area contributed by atoms with Gasteiger partial charge >= 0.3 is 0 Å². The summed E-state index contributed by atoms with van der Waals surface area (Å²) in [4.78, 5) is 17.9.